The van der Waals surface area contributed by atoms with Crippen molar-refractivity contribution in [3.8, 4) is 17.2 Å². The maximum Gasteiger partial charge on any atom is 0.297 e. The lowest BCUT2D eigenvalue weighted by Crippen LogP contribution is -2.54. The van der Waals surface area contributed by atoms with Crippen molar-refractivity contribution in [3.05, 3.63) is 106 Å². The molecule has 1 aliphatic carbocycles. The Labute approximate surface area is 378 Å². The zero-order valence-electron chi connectivity index (χ0n) is 36.8. The van der Waals surface area contributed by atoms with Crippen molar-refractivity contribution in [2.45, 2.75) is 81.3 Å². The molecule has 2 aromatic heterocycles. The van der Waals surface area contributed by atoms with Crippen LogP contribution in [0.15, 0.2) is 84.0 Å². The van der Waals surface area contributed by atoms with Crippen molar-refractivity contribution < 1.29 is 32.3 Å². The van der Waals surface area contributed by atoms with Gasteiger partial charge in [-0.05, 0) is 91.8 Å². The normalized spacial score (nSPS) is 21.4. The Balaban J connectivity index is 0.853. The zero-order chi connectivity index (χ0) is 44.9. The van der Waals surface area contributed by atoms with Crippen molar-refractivity contribution in [2.75, 3.05) is 69.3 Å². The van der Waals surface area contributed by atoms with Crippen molar-refractivity contribution in [1.29, 1.82) is 0 Å². The van der Waals surface area contributed by atoms with Crippen LogP contribution in [0, 0.1) is 15.5 Å². The summed E-state index contributed by atoms with van der Waals surface area (Å²) in [7, 11) is -4.64. The minimum atomic E-state index is -4.64. The van der Waals surface area contributed by atoms with Crippen LogP contribution in [-0.2, 0) is 14.8 Å². The maximum absolute atomic E-state index is 14.1. The van der Waals surface area contributed by atoms with E-state index in [2.05, 4.69) is 72.8 Å². The lowest BCUT2D eigenvalue weighted by Gasteiger charge is -2.56. The molecular weight excluding hydrogens is 849 g/mol. The van der Waals surface area contributed by atoms with Crippen LogP contribution in [0.4, 0.5) is 17.1 Å². The van der Waals surface area contributed by atoms with E-state index < -0.39 is 31.4 Å². The van der Waals surface area contributed by atoms with Crippen molar-refractivity contribution >= 4 is 44.0 Å². The number of nitrogens with zero attached hydrogens (tertiary/aromatic N) is 5. The van der Waals surface area contributed by atoms with Crippen LogP contribution in [0.5, 0.6) is 17.2 Å². The van der Waals surface area contributed by atoms with E-state index in [1.54, 1.807) is 30.6 Å². The molecule has 17 heteroatoms. The number of anilines is 2. The summed E-state index contributed by atoms with van der Waals surface area (Å²) >= 11 is 0. The number of piperidine rings is 1. The summed E-state index contributed by atoms with van der Waals surface area (Å²) in [5.41, 5.74) is 4.37. The highest BCUT2D eigenvalue weighted by Gasteiger charge is 2.50. The maximum atomic E-state index is 14.1. The summed E-state index contributed by atoms with van der Waals surface area (Å²) in [4.78, 5) is 40.0. The number of sulfonamides is 1. The molecule has 6 heterocycles. The standard InChI is InChI=1S/C48H56N8O8S/c1-31(2)38-6-3-4-7-39(38)41-8-5-15-55(41)35-26-48(27-35)12-16-54(17-13-48)34-9-10-40(43(23-34)64-36-22-32-11-14-49-46(32)50-28-36)47(57)52-65(60,61)37-24-42(56(58)59)45-44(25-37)63-30-33(51-45)29-53-18-20-62-21-19-53/h3-4,6-7,9-11,14,22-25,28,31,33,35,41,51H,5,8,12-13,15-21,26-27,29-30H2,1-2H3,(H,49,50)(H,52,57)/t33-,41-/m0/s1. The van der Waals surface area contributed by atoms with Gasteiger partial charge in [0, 0.05) is 80.3 Å². The van der Waals surface area contributed by atoms with E-state index in [4.69, 9.17) is 14.2 Å². The number of carbonyl (C=O) groups excluding carboxylic acids is 1. The SMILES string of the molecule is CC(C)c1ccccc1[C@@H]1CCCN1C1CC2(CCN(c3ccc(C(=O)NS(=O)(=O)c4cc5c(c([N+](=O)[O-])c4)N[C@@H](CN4CCOCC4)CO5)c(Oc4cnc5[nH]ccc5c4)c3)CC2)C1. The predicted molar refractivity (Wildman–Crippen MR) is 247 cm³/mol. The molecule has 0 unspecified atom stereocenters. The molecule has 4 fully saturated rings. The van der Waals surface area contributed by atoms with Gasteiger partial charge in [0.1, 0.15) is 23.8 Å². The van der Waals surface area contributed by atoms with Crippen LogP contribution < -0.4 is 24.4 Å². The number of hydrogen-bond acceptors (Lipinski definition) is 13. The van der Waals surface area contributed by atoms with Gasteiger partial charge in [-0.15, -0.1) is 0 Å². The number of nitro groups is 1. The predicted octanol–water partition coefficient (Wildman–Crippen LogP) is 7.60. The quantitative estimate of drug-likeness (QED) is 0.0823. The van der Waals surface area contributed by atoms with E-state index >= 15 is 0 Å². The van der Waals surface area contributed by atoms with E-state index in [1.807, 2.05) is 12.1 Å². The minimum absolute atomic E-state index is 0.0136. The molecule has 3 aromatic carbocycles. The first-order chi connectivity index (χ1) is 31.4. The Morgan fingerprint density at radius 2 is 1.83 bits per heavy atom. The van der Waals surface area contributed by atoms with Crippen molar-refractivity contribution in [2.24, 2.45) is 5.41 Å². The molecule has 0 radical (unpaired) electrons. The highest BCUT2D eigenvalue weighted by Crippen LogP contribution is 2.54. The monoisotopic (exact) mass is 904 g/mol. The Morgan fingerprint density at radius 3 is 2.62 bits per heavy atom. The second kappa shape index (κ2) is 17.6. The zero-order valence-corrected chi connectivity index (χ0v) is 37.6. The molecule has 65 heavy (non-hydrogen) atoms. The van der Waals surface area contributed by atoms with E-state index in [9.17, 15) is 23.3 Å². The average molecular weight is 905 g/mol. The molecule has 2 atom stereocenters. The molecule has 10 rings (SSSR count). The first-order valence-electron chi connectivity index (χ1n) is 22.9. The summed E-state index contributed by atoms with van der Waals surface area (Å²) in [5.74, 6) is 0.0588. The first-order valence-corrected chi connectivity index (χ1v) is 24.3. The van der Waals surface area contributed by atoms with Gasteiger partial charge >= 0.3 is 0 Å². The third-order valence-electron chi connectivity index (χ3n) is 14.2. The summed E-state index contributed by atoms with van der Waals surface area (Å²) in [6.07, 6.45) is 10.2. The summed E-state index contributed by atoms with van der Waals surface area (Å²) in [6.45, 7) is 10.8. The van der Waals surface area contributed by atoms with Crippen molar-refractivity contribution in [1.82, 2.24) is 24.5 Å². The molecule has 3 N–H and O–H groups in total. The molecule has 5 aromatic rings. The highest BCUT2D eigenvalue weighted by atomic mass is 32.2. The third kappa shape index (κ3) is 8.74. The number of pyridine rings is 1. The molecule has 16 nitrogen and oxygen atoms in total. The number of carbonyl (C=O) groups is 1. The molecule has 1 saturated carbocycles. The Bertz CT molecular complexity index is 2700. The van der Waals surface area contributed by atoms with Gasteiger partial charge in [-0.2, -0.15) is 0 Å². The molecular formula is C48H56N8O8S. The number of fused-ring (bicyclic) bond motifs is 2. The van der Waals surface area contributed by atoms with E-state index in [0.717, 1.165) is 62.7 Å². The van der Waals surface area contributed by atoms with Gasteiger partial charge in [-0.3, -0.25) is 24.7 Å². The minimum Gasteiger partial charge on any atom is -0.489 e. The third-order valence-corrected chi connectivity index (χ3v) is 15.5. The van der Waals surface area contributed by atoms with Crippen molar-refractivity contribution in [3.63, 3.8) is 0 Å². The molecule has 3 saturated heterocycles. The van der Waals surface area contributed by atoms with Gasteiger partial charge in [0.15, 0.2) is 11.4 Å². The fraction of sp³-hybridized carbons (Fsp3) is 0.458. The Kier molecular flexibility index (Phi) is 11.7. The molecule has 5 aliphatic rings. The number of amides is 1. The van der Waals surface area contributed by atoms with Gasteiger partial charge < -0.3 is 29.4 Å². The number of morpholine rings is 1. The largest absolute Gasteiger partial charge is 0.489 e. The number of nitrogens with one attached hydrogen (secondary N) is 3. The van der Waals surface area contributed by atoms with E-state index in [-0.39, 0.29) is 35.4 Å². The summed E-state index contributed by atoms with van der Waals surface area (Å²) < 4.78 is 47.7. The van der Waals surface area contributed by atoms with Gasteiger partial charge in [0.2, 0.25) is 0 Å². The fourth-order valence-corrected chi connectivity index (χ4v) is 11.8. The second-order valence-corrected chi connectivity index (χ2v) is 20.4. The number of likely N-dealkylation sites (tertiary alicyclic amines) is 1. The van der Waals surface area contributed by atoms with Crippen LogP contribution in [0.25, 0.3) is 11.0 Å². The van der Waals surface area contributed by atoms with Gasteiger partial charge in [0.05, 0.1) is 40.8 Å². The smallest absolute Gasteiger partial charge is 0.297 e. The number of H-pyrrole nitrogens is 1. The number of rotatable bonds is 12. The van der Waals surface area contributed by atoms with E-state index in [1.165, 1.54) is 42.9 Å². The van der Waals surface area contributed by atoms with Crippen LogP contribution >= 0.6 is 0 Å². The number of aromatic nitrogens is 2. The molecule has 342 valence electrons. The van der Waals surface area contributed by atoms with Gasteiger partial charge in [-0.25, -0.2) is 18.1 Å². The summed E-state index contributed by atoms with van der Waals surface area (Å²) in [5, 5.41) is 16.3. The molecule has 4 aliphatic heterocycles. The molecule has 1 amide bonds. The lowest BCUT2D eigenvalue weighted by atomic mass is 9.59. The average Bonchev–Trinajstić information content (AvgIpc) is 3.98. The Morgan fingerprint density at radius 1 is 1.03 bits per heavy atom. The van der Waals surface area contributed by atoms with Crippen LogP contribution in [0.2, 0.25) is 0 Å². The van der Waals surface area contributed by atoms with Crippen LogP contribution in [0.1, 0.15) is 85.8 Å². The highest BCUT2D eigenvalue weighted by molar-refractivity contribution is 7.90. The summed E-state index contributed by atoms with van der Waals surface area (Å²) in [6, 6.07) is 20.8. The first kappa shape index (κ1) is 43.2. The second-order valence-electron chi connectivity index (χ2n) is 18.7. The topological polar surface area (TPSA) is 184 Å². The molecule has 0 bridgehead atoms. The number of hydrogen-bond donors (Lipinski definition) is 3. The number of benzene rings is 3. The Hall–Kier alpha value is -5.75. The van der Waals surface area contributed by atoms with Crippen LogP contribution in [-0.4, -0.2) is 110 Å². The van der Waals surface area contributed by atoms with Gasteiger partial charge in [0.25, 0.3) is 21.6 Å². The number of nitro benzene ring substituents is 1. The molecule has 1 spiro atoms. The van der Waals surface area contributed by atoms with E-state index in [0.29, 0.717) is 54.6 Å². The van der Waals surface area contributed by atoms with Crippen LogP contribution in [0.3, 0.4) is 0 Å². The number of ether oxygens (including phenoxy) is 3. The lowest BCUT2D eigenvalue weighted by molar-refractivity contribution is -0.384. The van der Waals surface area contributed by atoms with Gasteiger partial charge in [-0.1, -0.05) is 38.1 Å². The fourth-order valence-electron chi connectivity index (χ4n) is 10.8. The number of aromatic amines is 1.